The van der Waals surface area contributed by atoms with Crippen LogP contribution in [0.25, 0.3) is 98.9 Å². The molecular weight excluding hydrogens is 1820 g/mol. The van der Waals surface area contributed by atoms with Gasteiger partial charge < -0.3 is 38.4 Å². The molecule has 0 spiro atoms. The van der Waals surface area contributed by atoms with E-state index in [4.69, 9.17) is 48.4 Å². The van der Waals surface area contributed by atoms with E-state index in [9.17, 15) is 38.4 Å². The third kappa shape index (κ3) is 19.7. The first-order valence-corrected chi connectivity index (χ1v) is 49.4. The van der Waals surface area contributed by atoms with E-state index in [1.165, 1.54) is 144 Å². The molecule has 31 rings (SSSR count). The summed E-state index contributed by atoms with van der Waals surface area (Å²) < 4.78 is 38.3. The van der Waals surface area contributed by atoms with E-state index in [0.29, 0.717) is 52.9 Å². The Hall–Kier alpha value is -14.3. The number of ether oxygens (including phenoxy) is 6. The van der Waals surface area contributed by atoms with Gasteiger partial charge >= 0.3 is 19.5 Å². The van der Waals surface area contributed by atoms with Crippen molar-refractivity contribution >= 4 is 124 Å². The molecule has 3 aromatic heterocycles. The van der Waals surface area contributed by atoms with Gasteiger partial charge in [0.15, 0.2) is 0 Å². The topological polar surface area (TPSA) is 259 Å². The molecule has 0 radical (unpaired) electrons. The number of benzene rings is 8. The number of amides is 8. The standard InChI is InChI=1S/C78H96N4O6.C40H16N4O8.Zn/c1-9-13-17-21-29-59-53(5)75-73-57-39-41-58(42-40-57)85-47-43-83-44-48-86-70-37-27-35-64-63(70)34-28-38-71(64)87-49-45-84-46-50-88-72-36-26-25-33-65(72)74(77-55(7)61(31-23-19-15-11-3)68(81-77)51-66(59)79-75)78-56(8)62(32-24-20-16-12-4)69(82-78)52-67-60(30-22-18-14-10-2)54(6)76(73)80-67;45-33-21-9-11-25-31-26-12-10-22(29(21)31)34(46)41(33)17-5-1-2-6-18-42-35(47)23-13-15-27-32-28(16-14-24(30(23)32)36(42)48)40(52)44(39(27)51)20-8-4-3-7-19-43(37(25)49)38(26)50;/h25-28,33-42,51-52H,9-24,29-32,43-50H2,1-8H3;9-16H,17-20H2;/q-2;;+2. The smallest absolute Gasteiger partial charge is 0.657 e. The molecule has 8 aromatic carbocycles. The summed E-state index contributed by atoms with van der Waals surface area (Å²) >= 11 is 0. The SMILES string of the molecule is CCCCCCC1=C(C)c2nc1cc1[n-]c(c(C)c1CCCCCC)c1c3nc(cc4[n-]c(c(C)c4CCCCCC)c2-c2ccc(cc2)OCCOCCOc2cccc4c(cccc24)OCCOCCOc2ccccc2-1)C(CCCCCC)=C3C.O=C1c2ccc3c4c5ccc(c24)C(=O)N1CC#CC#CCN1C(=O)c2ccc4c6c(ccc(c26)C1=O)C(=O)N(CC#CC#CCN(C3=O)C5=O)C4=O.[Zn+2]. The molecule has 22 nitrogen and oxygen atoms in total. The van der Waals surface area contributed by atoms with Crippen LogP contribution < -0.4 is 28.9 Å². The Morgan fingerprint density at radius 1 is 0.326 bits per heavy atom. The van der Waals surface area contributed by atoms with Crippen LogP contribution in [-0.2, 0) is 41.8 Å². The molecule has 141 heavy (non-hydrogen) atoms. The normalized spacial score (nSPS) is 15.3. The van der Waals surface area contributed by atoms with E-state index >= 15 is 0 Å². The summed E-state index contributed by atoms with van der Waals surface area (Å²) in [4.78, 5) is 136. The van der Waals surface area contributed by atoms with Crippen molar-refractivity contribution in [3.63, 3.8) is 0 Å². The zero-order valence-corrected chi connectivity index (χ0v) is 84.5. The van der Waals surface area contributed by atoms with E-state index in [1.807, 2.05) is 24.3 Å². The number of rotatable bonds is 20. The largest absolute Gasteiger partial charge is 2.00 e. The van der Waals surface area contributed by atoms with Crippen LogP contribution in [0.4, 0.5) is 0 Å². The van der Waals surface area contributed by atoms with Gasteiger partial charge in [-0.25, -0.2) is 9.97 Å². The molecule has 710 valence electrons. The molecular formula is C118H112N8O14Zn. The number of aryl methyl sites for hydroxylation is 4. The first-order chi connectivity index (χ1) is 68.4. The molecule has 0 fully saturated rings. The first-order valence-electron chi connectivity index (χ1n) is 49.4. The minimum absolute atomic E-state index is 0. The summed E-state index contributed by atoms with van der Waals surface area (Å²) in [5.74, 6) is 18.7. The van der Waals surface area contributed by atoms with Gasteiger partial charge in [0.1, 0.15) is 49.4 Å². The van der Waals surface area contributed by atoms with E-state index in [0.717, 1.165) is 198 Å². The van der Waals surface area contributed by atoms with Crippen molar-refractivity contribution in [3.8, 4) is 92.6 Å². The van der Waals surface area contributed by atoms with Gasteiger partial charge in [-0.3, -0.25) is 58.0 Å². The van der Waals surface area contributed by atoms with Crippen molar-refractivity contribution < 1.29 is 86.3 Å². The molecule has 20 aliphatic rings. The van der Waals surface area contributed by atoms with Crippen molar-refractivity contribution in [2.24, 2.45) is 0 Å². The minimum Gasteiger partial charge on any atom is -0.657 e. The molecule has 0 N–H and O–H groups in total. The second-order valence-electron chi connectivity index (χ2n) is 36.5. The van der Waals surface area contributed by atoms with Crippen LogP contribution in [-0.4, -0.2) is 156 Å². The monoisotopic (exact) mass is 1930 g/mol. The Bertz CT molecular complexity index is 6920. The van der Waals surface area contributed by atoms with Gasteiger partial charge in [-0.15, -0.1) is 22.1 Å². The second kappa shape index (κ2) is 44.4. The van der Waals surface area contributed by atoms with Crippen molar-refractivity contribution in [1.29, 1.82) is 0 Å². The number of para-hydroxylation sites is 1. The van der Waals surface area contributed by atoms with E-state index in [2.05, 4.69) is 176 Å². The van der Waals surface area contributed by atoms with Crippen LogP contribution in [0, 0.1) is 61.2 Å². The number of unbranched alkanes of at least 4 members (excludes halogenated alkanes) is 12. The summed E-state index contributed by atoms with van der Waals surface area (Å²) in [5.41, 5.74) is 22.8. The molecule has 0 saturated carbocycles. The van der Waals surface area contributed by atoms with Gasteiger partial charge in [-0.1, -0.05) is 217 Å². The van der Waals surface area contributed by atoms with Crippen LogP contribution in [0.15, 0.2) is 146 Å². The van der Waals surface area contributed by atoms with Crippen molar-refractivity contribution in [3.05, 3.63) is 235 Å². The Morgan fingerprint density at radius 3 is 1.01 bits per heavy atom. The quantitative estimate of drug-likeness (QED) is 0.0297. The number of carbonyl (C=O) groups excluding carboxylic acids is 8. The predicted octanol–water partition coefficient (Wildman–Crippen LogP) is 22.1. The van der Waals surface area contributed by atoms with Crippen molar-refractivity contribution in [2.75, 3.05) is 79.0 Å². The number of nitrogens with zero attached hydrogens (tertiary/aromatic N) is 8. The second-order valence-corrected chi connectivity index (χ2v) is 36.5. The van der Waals surface area contributed by atoms with E-state index in [1.54, 1.807) is 0 Å². The number of hydrogen-bond acceptors (Lipinski definition) is 16. The molecule has 0 atom stereocenters. The Balaban J connectivity index is 0.000000218. The number of imide groups is 4. The summed E-state index contributed by atoms with van der Waals surface area (Å²) in [5, 5.41) is 2.75. The first kappa shape index (κ1) is 98.3. The number of hydrogen-bond donors (Lipinski definition) is 0. The summed E-state index contributed by atoms with van der Waals surface area (Å²) in [6.07, 6.45) is 22.1. The molecule has 32 bridgehead atoms. The number of allylic oxidation sites excluding steroid dienone is 4. The molecule has 0 saturated heterocycles. The fourth-order valence-corrected chi connectivity index (χ4v) is 20.3. The third-order valence-electron chi connectivity index (χ3n) is 27.7. The number of carbonyl (C=O) groups is 8. The third-order valence-corrected chi connectivity index (χ3v) is 27.7. The number of aromatic nitrogens is 4. The molecule has 0 aliphatic carbocycles. The minimum atomic E-state index is -0.665. The predicted molar refractivity (Wildman–Crippen MR) is 546 cm³/mol. The van der Waals surface area contributed by atoms with Crippen LogP contribution in [0.5, 0.6) is 23.0 Å². The maximum absolute atomic E-state index is 13.5. The maximum atomic E-state index is 13.5. The zero-order valence-electron chi connectivity index (χ0n) is 81.5. The van der Waals surface area contributed by atoms with Gasteiger partial charge in [0, 0.05) is 82.4 Å². The Labute approximate surface area is 834 Å². The Morgan fingerprint density at radius 2 is 0.645 bits per heavy atom. The average molecular weight is 1930 g/mol. The molecule has 23 heteroatoms. The fraction of sp³-hybridized carbons (Fsp3) is 0.339. The van der Waals surface area contributed by atoms with Crippen LogP contribution in [0.2, 0.25) is 0 Å². The van der Waals surface area contributed by atoms with E-state index < -0.39 is 47.3 Å². The summed E-state index contributed by atoms with van der Waals surface area (Å²) in [6.45, 7) is 20.2. The molecule has 23 heterocycles. The van der Waals surface area contributed by atoms with Crippen LogP contribution in [0.3, 0.4) is 0 Å². The molecule has 0 unspecified atom stereocenters. The van der Waals surface area contributed by atoms with Gasteiger partial charge in [0.2, 0.25) is 0 Å². The van der Waals surface area contributed by atoms with E-state index in [-0.39, 0.29) is 112 Å². The average Bonchev–Trinajstić information content (AvgIpc) is 1.60. The fourth-order valence-electron chi connectivity index (χ4n) is 20.3. The van der Waals surface area contributed by atoms with Gasteiger partial charge in [0.05, 0.1) is 75.4 Å². The molecule has 20 aliphatic heterocycles. The van der Waals surface area contributed by atoms with Crippen molar-refractivity contribution in [1.82, 2.24) is 39.5 Å². The van der Waals surface area contributed by atoms with Gasteiger partial charge in [-0.2, -0.15) is 0 Å². The van der Waals surface area contributed by atoms with Crippen LogP contribution >= 0.6 is 0 Å². The van der Waals surface area contributed by atoms with Gasteiger partial charge in [0.25, 0.3) is 47.3 Å². The van der Waals surface area contributed by atoms with Crippen LogP contribution in [0.1, 0.15) is 285 Å². The Kier molecular flexibility index (Phi) is 31.0. The molecule has 8 amide bonds. The molecule has 11 aromatic rings. The summed E-state index contributed by atoms with van der Waals surface area (Å²) in [6, 6.07) is 45.3. The van der Waals surface area contributed by atoms with Gasteiger partial charge in [-0.05, 0) is 221 Å². The zero-order chi connectivity index (χ0) is 97.2. The maximum Gasteiger partial charge on any atom is 2.00 e. The van der Waals surface area contributed by atoms with Crippen molar-refractivity contribution in [2.45, 2.75) is 184 Å². The number of fused-ring (bicyclic) bond motifs is 1. The summed E-state index contributed by atoms with van der Waals surface area (Å²) in [7, 11) is 0.